The van der Waals surface area contributed by atoms with E-state index in [1.807, 2.05) is 51.1 Å². The molecule has 3 nitrogen and oxygen atoms in total. The van der Waals surface area contributed by atoms with Crippen LogP contribution in [-0.2, 0) is 9.31 Å². The molecule has 0 aromatic heterocycles. The van der Waals surface area contributed by atoms with E-state index in [4.69, 9.17) is 14.6 Å². The zero-order chi connectivity index (χ0) is 14.3. The highest BCUT2D eigenvalue weighted by molar-refractivity contribution is 6.62. The third-order valence-electron chi connectivity index (χ3n) is 3.98. The smallest absolute Gasteiger partial charge is 0.402 e. The highest BCUT2D eigenvalue weighted by Crippen LogP contribution is 2.27. The van der Waals surface area contributed by atoms with Crippen molar-refractivity contribution >= 4 is 23.4 Å². The van der Waals surface area contributed by atoms with Crippen LogP contribution in [0.5, 0.6) is 0 Å². The SMILES string of the molecule is CC1OB(c2ccc3cc(C#N)ccc3c2)OC1(C)C. The lowest BCUT2D eigenvalue weighted by Crippen LogP contribution is -2.34. The molecule has 1 aliphatic heterocycles. The number of hydrogen-bond acceptors (Lipinski definition) is 3. The molecular formula is C16H16BNO2. The summed E-state index contributed by atoms with van der Waals surface area (Å²) in [5.74, 6) is 0. The minimum absolute atomic E-state index is 0.0594. The Morgan fingerprint density at radius 2 is 1.85 bits per heavy atom. The summed E-state index contributed by atoms with van der Waals surface area (Å²) in [4.78, 5) is 0. The molecule has 3 rings (SSSR count). The van der Waals surface area contributed by atoms with Crippen LogP contribution in [0.2, 0.25) is 0 Å². The minimum atomic E-state index is -0.319. The fourth-order valence-electron chi connectivity index (χ4n) is 2.38. The molecule has 1 saturated heterocycles. The van der Waals surface area contributed by atoms with Crippen molar-refractivity contribution in [3.05, 3.63) is 42.0 Å². The van der Waals surface area contributed by atoms with Gasteiger partial charge in [-0.25, -0.2) is 0 Å². The molecule has 1 aliphatic rings. The molecule has 4 heteroatoms. The van der Waals surface area contributed by atoms with Crippen molar-refractivity contribution in [2.45, 2.75) is 32.5 Å². The summed E-state index contributed by atoms with van der Waals surface area (Å²) in [5.41, 5.74) is 1.41. The van der Waals surface area contributed by atoms with E-state index >= 15 is 0 Å². The van der Waals surface area contributed by atoms with Crippen LogP contribution in [0.15, 0.2) is 36.4 Å². The second-order valence-electron chi connectivity index (χ2n) is 5.76. The number of rotatable bonds is 1. The van der Waals surface area contributed by atoms with Gasteiger partial charge in [-0.3, -0.25) is 0 Å². The third-order valence-corrected chi connectivity index (χ3v) is 3.98. The zero-order valence-corrected chi connectivity index (χ0v) is 11.9. The Labute approximate surface area is 119 Å². The van der Waals surface area contributed by atoms with Crippen molar-refractivity contribution in [2.24, 2.45) is 0 Å². The minimum Gasteiger partial charge on any atom is -0.402 e. The van der Waals surface area contributed by atoms with E-state index < -0.39 is 0 Å². The van der Waals surface area contributed by atoms with Gasteiger partial charge >= 0.3 is 7.12 Å². The molecule has 0 aliphatic carbocycles. The number of fused-ring (bicyclic) bond motifs is 1. The van der Waals surface area contributed by atoms with Crippen LogP contribution >= 0.6 is 0 Å². The first-order chi connectivity index (χ1) is 9.49. The van der Waals surface area contributed by atoms with Gasteiger partial charge in [0.05, 0.1) is 23.3 Å². The monoisotopic (exact) mass is 265 g/mol. The summed E-state index contributed by atoms with van der Waals surface area (Å²) in [7, 11) is -0.319. The molecular weight excluding hydrogens is 249 g/mol. The summed E-state index contributed by atoms with van der Waals surface area (Å²) in [5, 5.41) is 11.1. The molecule has 1 atom stereocenters. The average molecular weight is 265 g/mol. The molecule has 20 heavy (non-hydrogen) atoms. The van der Waals surface area contributed by atoms with Crippen molar-refractivity contribution in [1.29, 1.82) is 5.26 Å². The lowest BCUT2D eigenvalue weighted by molar-refractivity contribution is 0.0842. The van der Waals surface area contributed by atoms with Gasteiger partial charge in [0.25, 0.3) is 0 Å². The number of hydrogen-bond donors (Lipinski definition) is 0. The molecule has 0 spiro atoms. The molecule has 2 aromatic rings. The first-order valence-electron chi connectivity index (χ1n) is 6.77. The van der Waals surface area contributed by atoms with E-state index in [0.29, 0.717) is 5.56 Å². The van der Waals surface area contributed by atoms with Crippen molar-refractivity contribution < 1.29 is 9.31 Å². The van der Waals surface area contributed by atoms with Gasteiger partial charge in [0.2, 0.25) is 0 Å². The van der Waals surface area contributed by atoms with Crippen LogP contribution in [0.4, 0.5) is 0 Å². The van der Waals surface area contributed by atoms with Gasteiger partial charge in [-0.2, -0.15) is 5.26 Å². The normalized spacial score (nSPS) is 21.1. The Balaban J connectivity index is 1.97. The second kappa shape index (κ2) is 4.62. The predicted octanol–water partition coefficient (Wildman–Crippen LogP) is 2.62. The highest BCUT2D eigenvalue weighted by Gasteiger charge is 2.43. The van der Waals surface area contributed by atoms with E-state index in [2.05, 4.69) is 12.1 Å². The van der Waals surface area contributed by atoms with Crippen LogP contribution < -0.4 is 5.46 Å². The van der Waals surface area contributed by atoms with Gasteiger partial charge in [0, 0.05) is 0 Å². The Kier molecular flexibility index (Phi) is 3.04. The second-order valence-corrected chi connectivity index (χ2v) is 5.76. The van der Waals surface area contributed by atoms with Crippen LogP contribution in [0, 0.1) is 11.3 Å². The van der Waals surface area contributed by atoms with E-state index in [1.165, 1.54) is 0 Å². The van der Waals surface area contributed by atoms with Crippen molar-refractivity contribution in [2.75, 3.05) is 0 Å². The fraction of sp³-hybridized carbons (Fsp3) is 0.312. The van der Waals surface area contributed by atoms with E-state index in [9.17, 15) is 0 Å². The lowest BCUT2D eigenvalue weighted by Gasteiger charge is -2.21. The first kappa shape index (κ1) is 13.2. The summed E-state index contributed by atoms with van der Waals surface area (Å²) >= 11 is 0. The van der Waals surface area contributed by atoms with E-state index in [1.54, 1.807) is 0 Å². The zero-order valence-electron chi connectivity index (χ0n) is 11.9. The third kappa shape index (κ3) is 2.20. The molecule has 0 bridgehead atoms. The Hall–Kier alpha value is -1.83. The number of nitriles is 1. The maximum Gasteiger partial charge on any atom is 0.494 e. The molecule has 0 radical (unpaired) electrons. The maximum atomic E-state index is 8.92. The molecule has 100 valence electrons. The molecule has 2 aromatic carbocycles. The van der Waals surface area contributed by atoms with Gasteiger partial charge in [-0.1, -0.05) is 24.3 Å². The lowest BCUT2D eigenvalue weighted by atomic mass is 9.78. The van der Waals surface area contributed by atoms with Gasteiger partial charge in [-0.15, -0.1) is 0 Å². The van der Waals surface area contributed by atoms with E-state index in [0.717, 1.165) is 16.2 Å². The molecule has 0 N–H and O–H groups in total. The van der Waals surface area contributed by atoms with Crippen LogP contribution in [0.1, 0.15) is 26.3 Å². The molecule has 0 amide bonds. The summed E-state index contributed by atoms with van der Waals surface area (Å²) in [6.45, 7) is 6.11. The van der Waals surface area contributed by atoms with Crippen LogP contribution in [-0.4, -0.2) is 18.8 Å². The quantitative estimate of drug-likeness (QED) is 0.744. The number of nitrogens with zero attached hydrogens (tertiary/aromatic N) is 1. The molecule has 1 heterocycles. The summed E-state index contributed by atoms with van der Waals surface area (Å²) in [6, 6.07) is 13.9. The Morgan fingerprint density at radius 3 is 2.50 bits per heavy atom. The first-order valence-corrected chi connectivity index (χ1v) is 6.77. The Bertz CT molecular complexity index is 705. The molecule has 0 saturated carbocycles. The fourth-order valence-corrected chi connectivity index (χ4v) is 2.38. The summed E-state index contributed by atoms with van der Waals surface area (Å²) < 4.78 is 11.8. The van der Waals surface area contributed by atoms with Crippen molar-refractivity contribution in [1.82, 2.24) is 0 Å². The van der Waals surface area contributed by atoms with Gasteiger partial charge < -0.3 is 9.31 Å². The predicted molar refractivity (Wildman–Crippen MR) is 79.8 cm³/mol. The molecule has 1 fully saturated rings. The van der Waals surface area contributed by atoms with Crippen molar-refractivity contribution in [3.63, 3.8) is 0 Å². The standard InChI is InChI=1S/C16H16BNO2/c1-11-16(2,3)20-17(19-11)15-7-6-13-8-12(10-18)4-5-14(13)9-15/h4-9,11H,1-3H3. The van der Waals surface area contributed by atoms with Gasteiger partial charge in [0.15, 0.2) is 0 Å². The largest absolute Gasteiger partial charge is 0.494 e. The Morgan fingerprint density at radius 1 is 1.15 bits per heavy atom. The van der Waals surface area contributed by atoms with Crippen molar-refractivity contribution in [3.8, 4) is 6.07 Å². The molecule has 1 unspecified atom stereocenters. The number of benzene rings is 2. The average Bonchev–Trinajstić information content (AvgIpc) is 2.71. The maximum absolute atomic E-state index is 8.92. The highest BCUT2D eigenvalue weighted by atomic mass is 16.7. The van der Waals surface area contributed by atoms with Crippen LogP contribution in [0.25, 0.3) is 10.8 Å². The topological polar surface area (TPSA) is 42.2 Å². The van der Waals surface area contributed by atoms with Crippen LogP contribution in [0.3, 0.4) is 0 Å². The summed E-state index contributed by atoms with van der Waals surface area (Å²) in [6.07, 6.45) is 0.0594. The van der Waals surface area contributed by atoms with Gasteiger partial charge in [0.1, 0.15) is 0 Å². The van der Waals surface area contributed by atoms with E-state index in [-0.39, 0.29) is 18.8 Å². The van der Waals surface area contributed by atoms with Gasteiger partial charge in [-0.05, 0) is 49.1 Å².